The van der Waals surface area contributed by atoms with Gasteiger partial charge >= 0.3 is 6.03 Å². The highest BCUT2D eigenvalue weighted by Crippen LogP contribution is 2.26. The fourth-order valence-corrected chi connectivity index (χ4v) is 3.24. The third-order valence-electron chi connectivity index (χ3n) is 4.62. The van der Waals surface area contributed by atoms with Crippen molar-refractivity contribution in [2.24, 2.45) is 5.73 Å². The first-order valence-electron chi connectivity index (χ1n) is 8.42. The smallest absolute Gasteiger partial charge is 0.321 e. The molecule has 0 unspecified atom stereocenters. The van der Waals surface area contributed by atoms with Crippen molar-refractivity contribution in [2.45, 2.75) is 32.6 Å². The molecule has 0 radical (unpaired) electrons. The highest BCUT2D eigenvalue weighted by molar-refractivity contribution is 5.91. The van der Waals surface area contributed by atoms with Crippen molar-refractivity contribution in [3.05, 3.63) is 46.8 Å². The van der Waals surface area contributed by atoms with Crippen LogP contribution in [-0.4, -0.2) is 40.1 Å². The molecule has 7 heteroatoms. The Hall–Kier alpha value is -2.83. The van der Waals surface area contributed by atoms with Gasteiger partial charge in [-0.05, 0) is 44.4 Å². The first-order chi connectivity index (χ1) is 11.9. The van der Waals surface area contributed by atoms with Crippen LogP contribution in [0.15, 0.2) is 24.3 Å². The summed E-state index contributed by atoms with van der Waals surface area (Å²) in [4.78, 5) is 25.6. The summed E-state index contributed by atoms with van der Waals surface area (Å²) >= 11 is 0. The Morgan fingerprint density at radius 2 is 2.12 bits per heavy atom. The number of piperidine rings is 1. The fraction of sp³-hybridized carbons (Fsp3) is 0.389. The molecule has 1 saturated heterocycles. The van der Waals surface area contributed by atoms with Gasteiger partial charge in [0.25, 0.3) is 5.91 Å². The monoisotopic (exact) mass is 341 g/mol. The molecule has 0 saturated carbocycles. The molecule has 1 aromatic heterocycles. The van der Waals surface area contributed by atoms with E-state index in [-0.39, 0.29) is 17.6 Å². The summed E-state index contributed by atoms with van der Waals surface area (Å²) in [6.07, 6.45) is 1.84. The van der Waals surface area contributed by atoms with Crippen LogP contribution in [-0.2, 0) is 0 Å². The Morgan fingerprint density at radius 3 is 2.80 bits per heavy atom. The van der Waals surface area contributed by atoms with E-state index in [2.05, 4.69) is 15.5 Å². The molecule has 1 aliphatic heterocycles. The Kier molecular flexibility index (Phi) is 4.74. The SMILES string of the molecule is Cc1ccc(NC(=O)N2CCC[C@H](c3cc(C(N)=O)n[nH]3)C2)c(C)c1. The van der Waals surface area contributed by atoms with Crippen molar-refractivity contribution in [3.8, 4) is 0 Å². The van der Waals surface area contributed by atoms with Crippen molar-refractivity contribution in [1.29, 1.82) is 0 Å². The maximum atomic E-state index is 12.6. The lowest BCUT2D eigenvalue weighted by Gasteiger charge is -2.32. The molecule has 0 spiro atoms. The van der Waals surface area contributed by atoms with E-state index >= 15 is 0 Å². The quantitative estimate of drug-likeness (QED) is 0.799. The molecule has 1 fully saturated rings. The van der Waals surface area contributed by atoms with Gasteiger partial charge in [-0.1, -0.05) is 17.7 Å². The molecule has 4 N–H and O–H groups in total. The summed E-state index contributed by atoms with van der Waals surface area (Å²) in [5, 5.41) is 9.79. The summed E-state index contributed by atoms with van der Waals surface area (Å²) in [6, 6.07) is 7.53. The average Bonchev–Trinajstić information content (AvgIpc) is 3.08. The molecule has 3 amide bonds. The average molecular weight is 341 g/mol. The molecule has 1 aliphatic rings. The zero-order valence-corrected chi connectivity index (χ0v) is 14.5. The second kappa shape index (κ2) is 6.96. The number of anilines is 1. The lowest BCUT2D eigenvalue weighted by Crippen LogP contribution is -2.41. The highest BCUT2D eigenvalue weighted by atomic mass is 16.2. The number of aryl methyl sites for hydroxylation is 2. The lowest BCUT2D eigenvalue weighted by molar-refractivity contribution is 0.0995. The largest absolute Gasteiger partial charge is 0.364 e. The van der Waals surface area contributed by atoms with Gasteiger partial charge in [0.1, 0.15) is 5.69 Å². The van der Waals surface area contributed by atoms with E-state index in [4.69, 9.17) is 5.73 Å². The van der Waals surface area contributed by atoms with Gasteiger partial charge in [-0.2, -0.15) is 5.10 Å². The molecule has 1 aromatic carbocycles. The van der Waals surface area contributed by atoms with Gasteiger partial charge in [0.2, 0.25) is 0 Å². The zero-order valence-electron chi connectivity index (χ0n) is 14.5. The predicted molar refractivity (Wildman–Crippen MR) is 95.6 cm³/mol. The minimum Gasteiger partial charge on any atom is -0.364 e. The van der Waals surface area contributed by atoms with Crippen LogP contribution in [0.5, 0.6) is 0 Å². The summed E-state index contributed by atoms with van der Waals surface area (Å²) in [5.41, 5.74) is 9.36. The van der Waals surface area contributed by atoms with Crippen LogP contribution in [0.1, 0.15) is 46.1 Å². The Bertz CT molecular complexity index is 799. The molecule has 2 heterocycles. The summed E-state index contributed by atoms with van der Waals surface area (Å²) in [6.45, 7) is 5.30. The van der Waals surface area contributed by atoms with Gasteiger partial charge in [-0.25, -0.2) is 4.79 Å². The number of likely N-dealkylation sites (tertiary alicyclic amines) is 1. The molecule has 0 aliphatic carbocycles. The number of urea groups is 1. The van der Waals surface area contributed by atoms with Crippen LogP contribution in [0.4, 0.5) is 10.5 Å². The number of carbonyl (C=O) groups excluding carboxylic acids is 2. The van der Waals surface area contributed by atoms with Crippen LogP contribution in [0, 0.1) is 13.8 Å². The Balaban J connectivity index is 1.67. The second-order valence-corrected chi connectivity index (χ2v) is 6.61. The van der Waals surface area contributed by atoms with Crippen LogP contribution >= 0.6 is 0 Å². The third kappa shape index (κ3) is 3.81. The summed E-state index contributed by atoms with van der Waals surface area (Å²) in [5.74, 6) is -0.429. The van der Waals surface area contributed by atoms with Crippen molar-refractivity contribution in [1.82, 2.24) is 15.1 Å². The standard InChI is InChI=1S/C18H23N5O2/c1-11-5-6-14(12(2)8-11)20-18(25)23-7-3-4-13(10-23)15-9-16(17(19)24)22-21-15/h5-6,8-9,13H,3-4,7,10H2,1-2H3,(H2,19,24)(H,20,25)(H,21,22)/t13-/m0/s1. The van der Waals surface area contributed by atoms with Crippen LogP contribution < -0.4 is 11.1 Å². The first kappa shape index (κ1) is 17.0. The van der Waals surface area contributed by atoms with Crippen LogP contribution in [0.25, 0.3) is 0 Å². The zero-order chi connectivity index (χ0) is 18.0. The molecule has 132 valence electrons. The Labute approximate surface area is 146 Å². The number of hydrogen-bond acceptors (Lipinski definition) is 3. The molecular weight excluding hydrogens is 318 g/mol. The molecule has 2 aromatic rings. The van der Waals surface area contributed by atoms with Gasteiger partial charge in [0, 0.05) is 30.4 Å². The predicted octanol–water partition coefficient (Wildman–Crippen LogP) is 2.54. The minimum atomic E-state index is -0.553. The fourth-order valence-electron chi connectivity index (χ4n) is 3.24. The number of benzene rings is 1. The maximum absolute atomic E-state index is 12.6. The Morgan fingerprint density at radius 1 is 1.32 bits per heavy atom. The van der Waals surface area contributed by atoms with E-state index in [1.165, 1.54) is 0 Å². The number of rotatable bonds is 3. The van der Waals surface area contributed by atoms with Crippen LogP contribution in [0.2, 0.25) is 0 Å². The normalized spacial score (nSPS) is 17.4. The van der Waals surface area contributed by atoms with Gasteiger partial charge in [0.05, 0.1) is 0 Å². The molecule has 0 bridgehead atoms. The lowest BCUT2D eigenvalue weighted by atomic mass is 9.95. The van der Waals surface area contributed by atoms with E-state index in [0.29, 0.717) is 13.1 Å². The summed E-state index contributed by atoms with van der Waals surface area (Å²) in [7, 11) is 0. The molecule has 7 nitrogen and oxygen atoms in total. The molecular formula is C18H23N5O2. The number of amides is 3. The topological polar surface area (TPSA) is 104 Å². The molecule has 25 heavy (non-hydrogen) atoms. The number of nitrogens with two attached hydrogens (primary N) is 1. The van der Waals surface area contributed by atoms with Crippen molar-refractivity contribution >= 4 is 17.6 Å². The van der Waals surface area contributed by atoms with E-state index in [0.717, 1.165) is 35.3 Å². The highest BCUT2D eigenvalue weighted by Gasteiger charge is 2.26. The third-order valence-corrected chi connectivity index (χ3v) is 4.62. The van der Waals surface area contributed by atoms with Gasteiger partial charge in [-0.15, -0.1) is 0 Å². The number of carbonyl (C=O) groups is 2. The van der Waals surface area contributed by atoms with E-state index in [9.17, 15) is 9.59 Å². The van der Waals surface area contributed by atoms with Gasteiger partial charge in [0.15, 0.2) is 0 Å². The number of hydrogen-bond donors (Lipinski definition) is 3. The van der Waals surface area contributed by atoms with E-state index in [1.54, 1.807) is 11.0 Å². The number of H-pyrrole nitrogens is 1. The van der Waals surface area contributed by atoms with Gasteiger partial charge in [-0.3, -0.25) is 9.89 Å². The maximum Gasteiger partial charge on any atom is 0.321 e. The number of aromatic amines is 1. The second-order valence-electron chi connectivity index (χ2n) is 6.61. The number of nitrogens with one attached hydrogen (secondary N) is 2. The van der Waals surface area contributed by atoms with Crippen molar-refractivity contribution in [3.63, 3.8) is 0 Å². The number of primary amides is 1. The molecule has 1 atom stereocenters. The van der Waals surface area contributed by atoms with Gasteiger partial charge < -0.3 is 16.0 Å². The number of aromatic nitrogens is 2. The van der Waals surface area contributed by atoms with Crippen LogP contribution in [0.3, 0.4) is 0 Å². The van der Waals surface area contributed by atoms with E-state index < -0.39 is 5.91 Å². The summed E-state index contributed by atoms with van der Waals surface area (Å²) < 4.78 is 0. The number of nitrogens with zero attached hydrogens (tertiary/aromatic N) is 2. The molecule has 3 rings (SSSR count). The van der Waals surface area contributed by atoms with E-state index in [1.807, 2.05) is 32.0 Å². The van der Waals surface area contributed by atoms with Crippen molar-refractivity contribution in [2.75, 3.05) is 18.4 Å². The van der Waals surface area contributed by atoms with Crippen molar-refractivity contribution < 1.29 is 9.59 Å². The first-order valence-corrected chi connectivity index (χ1v) is 8.42. The minimum absolute atomic E-state index is 0.105.